The third kappa shape index (κ3) is 1.95. The smallest absolute Gasteiger partial charge is 0.0167 e. The Hall–Kier alpha value is -0.520. The van der Waals surface area contributed by atoms with E-state index < -0.39 is 0 Å². The van der Waals surface area contributed by atoms with Crippen LogP contribution in [-0.4, -0.2) is 0 Å². The molecule has 0 aromatic heterocycles. The zero-order valence-corrected chi connectivity index (χ0v) is 8.07. The van der Waals surface area contributed by atoms with E-state index in [4.69, 9.17) is 0 Å². The summed E-state index contributed by atoms with van der Waals surface area (Å²) in [6, 6.07) is 0. The fraction of sp³-hybridized carbons (Fsp3) is 0.636. The highest BCUT2D eigenvalue weighted by Crippen LogP contribution is 2.34. The van der Waals surface area contributed by atoms with Crippen LogP contribution >= 0.6 is 0 Å². The van der Waals surface area contributed by atoms with Gasteiger partial charge in [-0.15, -0.1) is 0 Å². The van der Waals surface area contributed by atoms with Gasteiger partial charge in [0.2, 0.25) is 0 Å². The molecule has 0 saturated carbocycles. The Morgan fingerprint density at radius 2 is 1.91 bits per heavy atom. The van der Waals surface area contributed by atoms with Crippen LogP contribution < -0.4 is 0 Å². The van der Waals surface area contributed by atoms with Gasteiger partial charge in [0.25, 0.3) is 0 Å². The molecular weight excluding hydrogens is 132 g/mol. The predicted molar refractivity (Wildman–Crippen MR) is 50.5 cm³/mol. The predicted octanol–water partition coefficient (Wildman–Crippen LogP) is 3.70. The second-order valence-electron chi connectivity index (χ2n) is 4.35. The molecule has 0 bridgehead atoms. The number of allylic oxidation sites excluding steroid dienone is 4. The molecule has 0 fully saturated rings. The van der Waals surface area contributed by atoms with Crippen LogP contribution in [0.15, 0.2) is 23.3 Å². The zero-order valence-electron chi connectivity index (χ0n) is 8.07. The first-order valence-corrected chi connectivity index (χ1v) is 4.38. The van der Waals surface area contributed by atoms with Crippen LogP contribution in [0, 0.1) is 5.41 Å². The third-order valence-electron chi connectivity index (χ3n) is 2.31. The topological polar surface area (TPSA) is 0 Å². The average Bonchev–Trinajstić information content (AvgIpc) is 1.86. The van der Waals surface area contributed by atoms with E-state index in [0.717, 1.165) is 0 Å². The van der Waals surface area contributed by atoms with Gasteiger partial charge >= 0.3 is 0 Å². The molecule has 0 amide bonds. The first-order chi connectivity index (χ1) is 5.02. The van der Waals surface area contributed by atoms with Crippen molar-refractivity contribution in [2.24, 2.45) is 5.41 Å². The molecule has 1 aliphatic rings. The van der Waals surface area contributed by atoms with Gasteiger partial charge in [0, 0.05) is 0 Å². The minimum absolute atomic E-state index is 0.370. The van der Waals surface area contributed by atoms with E-state index in [9.17, 15) is 0 Å². The van der Waals surface area contributed by atoms with Crippen LogP contribution in [0.3, 0.4) is 0 Å². The Morgan fingerprint density at radius 3 is 2.27 bits per heavy atom. The second kappa shape index (κ2) is 2.84. The number of hydrogen-bond acceptors (Lipinski definition) is 0. The maximum Gasteiger partial charge on any atom is -0.0167 e. The van der Waals surface area contributed by atoms with E-state index in [0.29, 0.717) is 5.41 Å². The lowest BCUT2D eigenvalue weighted by Gasteiger charge is -2.26. The highest BCUT2D eigenvalue weighted by molar-refractivity contribution is 5.30. The van der Waals surface area contributed by atoms with Crippen molar-refractivity contribution in [3.63, 3.8) is 0 Å². The van der Waals surface area contributed by atoms with Crippen molar-refractivity contribution in [3.8, 4) is 0 Å². The zero-order chi connectivity index (χ0) is 8.48. The maximum absolute atomic E-state index is 2.30. The van der Waals surface area contributed by atoms with E-state index in [-0.39, 0.29) is 0 Å². The van der Waals surface area contributed by atoms with Gasteiger partial charge in [-0.1, -0.05) is 44.1 Å². The van der Waals surface area contributed by atoms with Crippen molar-refractivity contribution < 1.29 is 0 Å². The fourth-order valence-electron chi connectivity index (χ4n) is 1.75. The molecule has 1 aliphatic carbocycles. The summed E-state index contributed by atoms with van der Waals surface area (Å²) in [5.41, 5.74) is 3.47. The lowest BCUT2D eigenvalue weighted by Crippen LogP contribution is -2.12. The monoisotopic (exact) mass is 150 g/mol. The van der Waals surface area contributed by atoms with Crippen molar-refractivity contribution in [1.29, 1.82) is 0 Å². The van der Waals surface area contributed by atoms with E-state index >= 15 is 0 Å². The van der Waals surface area contributed by atoms with E-state index in [2.05, 4.69) is 39.8 Å². The Bertz CT molecular complexity index is 199. The molecule has 0 radical (unpaired) electrons. The van der Waals surface area contributed by atoms with Crippen molar-refractivity contribution in [3.05, 3.63) is 23.3 Å². The van der Waals surface area contributed by atoms with Gasteiger partial charge in [0.15, 0.2) is 0 Å². The van der Waals surface area contributed by atoms with E-state index in [1.54, 1.807) is 5.57 Å². The summed E-state index contributed by atoms with van der Waals surface area (Å²) < 4.78 is 0. The number of hydrogen-bond donors (Lipinski definition) is 0. The van der Waals surface area contributed by atoms with E-state index in [1.165, 1.54) is 18.4 Å². The maximum atomic E-state index is 2.30. The van der Waals surface area contributed by atoms with Gasteiger partial charge < -0.3 is 0 Å². The highest BCUT2D eigenvalue weighted by Gasteiger charge is 2.19. The molecule has 0 unspecified atom stereocenters. The summed E-state index contributed by atoms with van der Waals surface area (Å²) in [5.74, 6) is 0. The molecule has 0 heteroatoms. The summed E-state index contributed by atoms with van der Waals surface area (Å²) in [4.78, 5) is 0. The molecule has 0 saturated heterocycles. The lowest BCUT2D eigenvalue weighted by molar-refractivity contribution is 0.476. The van der Waals surface area contributed by atoms with E-state index in [1.807, 2.05) is 0 Å². The van der Waals surface area contributed by atoms with Crippen molar-refractivity contribution in [2.45, 2.75) is 40.5 Å². The van der Waals surface area contributed by atoms with Crippen LogP contribution in [-0.2, 0) is 0 Å². The van der Waals surface area contributed by atoms with Crippen LogP contribution in [0.1, 0.15) is 40.5 Å². The van der Waals surface area contributed by atoms with Crippen LogP contribution in [0.4, 0.5) is 0 Å². The van der Waals surface area contributed by atoms with Gasteiger partial charge in [-0.3, -0.25) is 0 Å². The summed E-state index contributed by atoms with van der Waals surface area (Å²) in [6.07, 6.45) is 7.00. The minimum Gasteiger partial charge on any atom is -0.0840 e. The van der Waals surface area contributed by atoms with Gasteiger partial charge in [-0.25, -0.2) is 0 Å². The van der Waals surface area contributed by atoms with Gasteiger partial charge in [-0.2, -0.15) is 0 Å². The third-order valence-corrected chi connectivity index (χ3v) is 2.31. The molecular formula is C11H18. The highest BCUT2D eigenvalue weighted by atomic mass is 14.2. The molecule has 11 heavy (non-hydrogen) atoms. The van der Waals surface area contributed by atoms with Gasteiger partial charge in [0.1, 0.15) is 0 Å². The minimum atomic E-state index is 0.370. The SMILES string of the molecule is CC1=C(C(C)(C)C)CCC=C1. The van der Waals surface area contributed by atoms with Gasteiger partial charge in [-0.05, 0) is 25.2 Å². The second-order valence-corrected chi connectivity index (χ2v) is 4.35. The molecule has 0 aliphatic heterocycles. The van der Waals surface area contributed by atoms with Gasteiger partial charge in [0.05, 0.1) is 0 Å². The molecule has 0 aromatic carbocycles. The first kappa shape index (κ1) is 8.58. The van der Waals surface area contributed by atoms with Crippen molar-refractivity contribution in [2.75, 3.05) is 0 Å². The molecule has 0 atom stereocenters. The summed E-state index contributed by atoms with van der Waals surface area (Å²) in [6.45, 7) is 9.11. The molecule has 62 valence electrons. The number of rotatable bonds is 0. The molecule has 0 heterocycles. The van der Waals surface area contributed by atoms with Crippen LogP contribution in [0.5, 0.6) is 0 Å². The fourth-order valence-corrected chi connectivity index (χ4v) is 1.75. The molecule has 0 nitrogen and oxygen atoms in total. The average molecular weight is 150 g/mol. The Balaban J connectivity index is 2.93. The Labute approximate surface area is 70.0 Å². The quantitative estimate of drug-likeness (QED) is 0.494. The lowest BCUT2D eigenvalue weighted by atomic mass is 9.79. The molecule has 0 N–H and O–H groups in total. The Morgan fingerprint density at radius 1 is 1.27 bits per heavy atom. The van der Waals surface area contributed by atoms with Crippen LogP contribution in [0.25, 0.3) is 0 Å². The first-order valence-electron chi connectivity index (χ1n) is 4.38. The summed E-state index contributed by atoms with van der Waals surface area (Å²) in [7, 11) is 0. The largest absolute Gasteiger partial charge is 0.0840 e. The summed E-state index contributed by atoms with van der Waals surface area (Å²) >= 11 is 0. The van der Waals surface area contributed by atoms with Crippen molar-refractivity contribution >= 4 is 0 Å². The normalized spacial score (nSPS) is 19.3. The summed E-state index contributed by atoms with van der Waals surface area (Å²) in [5, 5.41) is 0. The Kier molecular flexibility index (Phi) is 2.22. The van der Waals surface area contributed by atoms with Crippen LogP contribution in [0.2, 0.25) is 0 Å². The molecule has 1 rings (SSSR count). The molecule has 0 aromatic rings. The van der Waals surface area contributed by atoms with Crippen molar-refractivity contribution in [1.82, 2.24) is 0 Å². The standard InChI is InChI=1S/C11H18/c1-9-7-5-6-8-10(9)11(2,3)4/h5,7H,6,8H2,1-4H3. The molecule has 0 spiro atoms.